The second-order valence-electron chi connectivity index (χ2n) is 11.4. The molecule has 2 aromatic heterocycles. The molecule has 3 aromatic carbocycles. The van der Waals surface area contributed by atoms with Crippen molar-refractivity contribution in [1.82, 2.24) is 0 Å². The number of pyridine rings is 2. The number of para-hydroxylation sites is 2. The zero-order valence-electron chi connectivity index (χ0n) is 27.0. The largest absolute Gasteiger partial charge is 0.673 e. The van der Waals surface area contributed by atoms with Gasteiger partial charge in [-0.2, -0.15) is 9.13 Å². The number of hydrogen-bond donors (Lipinski definition) is 0. The Hall–Kier alpha value is -4.75. The summed E-state index contributed by atoms with van der Waals surface area (Å²) in [4.78, 5) is 0. The number of hydrogen-bond acceptors (Lipinski definition) is 0. The van der Waals surface area contributed by atoms with Crippen LogP contribution < -0.4 is 9.13 Å². The smallest absolute Gasteiger partial charge is 0.418 e. The summed E-state index contributed by atoms with van der Waals surface area (Å²) in [6.45, 7) is 8.29. The SMILES string of the molecule is CC(C)c1ccccc1-[n+]1ccc(-c2c(F)c(F)c(-c3cc[n+](-c4ccccc4C(C)C)cc3)c(F)c2F)cc1.F[B-](F)(F)F.F[B-](F)(F)F. The minimum Gasteiger partial charge on any atom is -0.418 e. The molecule has 5 aromatic rings. The molecular weight excluding hydrogens is 686 g/mol. The Morgan fingerprint density at radius 1 is 0.420 bits per heavy atom. The van der Waals surface area contributed by atoms with E-state index in [9.17, 15) is 34.5 Å². The van der Waals surface area contributed by atoms with E-state index in [4.69, 9.17) is 0 Å². The molecule has 0 aliphatic carbocycles. The molecule has 0 bridgehead atoms. The van der Waals surface area contributed by atoms with Crippen LogP contribution in [0.1, 0.15) is 50.7 Å². The lowest BCUT2D eigenvalue weighted by atomic mass is 9.97. The first-order chi connectivity index (χ1) is 23.2. The molecule has 0 saturated heterocycles. The molecular formula is C34H30B2F12N2. The average molecular weight is 716 g/mol. The van der Waals surface area contributed by atoms with Gasteiger partial charge in [-0.25, -0.2) is 17.6 Å². The van der Waals surface area contributed by atoms with Gasteiger partial charge in [0.15, 0.2) is 48.1 Å². The number of nitrogens with zero attached hydrogens (tertiary/aromatic N) is 2. The van der Waals surface area contributed by atoms with Gasteiger partial charge in [0.2, 0.25) is 11.4 Å². The van der Waals surface area contributed by atoms with Crippen LogP contribution in [-0.4, -0.2) is 14.5 Å². The molecule has 0 saturated carbocycles. The Morgan fingerprint density at radius 3 is 0.900 bits per heavy atom. The van der Waals surface area contributed by atoms with Gasteiger partial charge in [0.25, 0.3) is 0 Å². The van der Waals surface area contributed by atoms with Crippen LogP contribution >= 0.6 is 0 Å². The summed E-state index contributed by atoms with van der Waals surface area (Å²) >= 11 is 0. The van der Waals surface area contributed by atoms with Crippen molar-refractivity contribution in [2.24, 2.45) is 0 Å². The highest BCUT2D eigenvalue weighted by Gasteiger charge is 2.29. The monoisotopic (exact) mass is 716 g/mol. The summed E-state index contributed by atoms with van der Waals surface area (Å²) in [6, 6.07) is 21.4. The molecule has 16 heteroatoms. The lowest BCUT2D eigenvalue weighted by Crippen LogP contribution is -2.31. The first kappa shape index (κ1) is 39.7. The van der Waals surface area contributed by atoms with Crippen molar-refractivity contribution in [2.45, 2.75) is 39.5 Å². The third-order valence-corrected chi connectivity index (χ3v) is 7.17. The first-order valence-corrected chi connectivity index (χ1v) is 15.0. The van der Waals surface area contributed by atoms with E-state index < -0.39 is 48.9 Å². The predicted molar refractivity (Wildman–Crippen MR) is 169 cm³/mol. The van der Waals surface area contributed by atoms with E-state index in [0.717, 1.165) is 22.5 Å². The van der Waals surface area contributed by atoms with E-state index in [1.54, 1.807) is 24.8 Å². The molecule has 266 valence electrons. The fourth-order valence-electron chi connectivity index (χ4n) is 5.07. The van der Waals surface area contributed by atoms with Crippen LogP contribution in [0.3, 0.4) is 0 Å². The van der Waals surface area contributed by atoms with E-state index in [1.807, 2.05) is 57.7 Å². The summed E-state index contributed by atoms with van der Waals surface area (Å²) in [5.74, 6) is -5.22. The molecule has 0 aliphatic rings. The van der Waals surface area contributed by atoms with E-state index in [0.29, 0.717) is 0 Å². The molecule has 2 heterocycles. The molecule has 0 atom stereocenters. The fraction of sp³-hybridized carbons (Fsp3) is 0.176. The van der Waals surface area contributed by atoms with Crippen molar-refractivity contribution in [3.05, 3.63) is 132 Å². The maximum absolute atomic E-state index is 15.4. The molecule has 5 rings (SSSR count). The lowest BCUT2D eigenvalue weighted by Gasteiger charge is -2.13. The van der Waals surface area contributed by atoms with Crippen molar-refractivity contribution in [3.8, 4) is 33.6 Å². The third kappa shape index (κ3) is 10.6. The van der Waals surface area contributed by atoms with Crippen LogP contribution in [0, 0.1) is 23.3 Å². The maximum atomic E-state index is 15.4. The minimum absolute atomic E-state index is 0.0359. The van der Waals surface area contributed by atoms with E-state index in [2.05, 4.69) is 27.7 Å². The second kappa shape index (κ2) is 16.3. The Kier molecular flexibility index (Phi) is 12.9. The van der Waals surface area contributed by atoms with Gasteiger partial charge in [-0.15, -0.1) is 0 Å². The van der Waals surface area contributed by atoms with Gasteiger partial charge in [0.05, 0.1) is 11.1 Å². The summed E-state index contributed by atoms with van der Waals surface area (Å²) in [6.07, 6.45) is 6.52. The minimum atomic E-state index is -6.00. The Morgan fingerprint density at radius 2 is 0.660 bits per heavy atom. The fourth-order valence-corrected chi connectivity index (χ4v) is 5.07. The van der Waals surface area contributed by atoms with Gasteiger partial charge in [-0.3, -0.25) is 0 Å². The molecule has 0 unspecified atom stereocenters. The van der Waals surface area contributed by atoms with Gasteiger partial charge < -0.3 is 34.5 Å². The summed E-state index contributed by atoms with van der Waals surface area (Å²) in [5, 5.41) is 0. The van der Waals surface area contributed by atoms with Gasteiger partial charge >= 0.3 is 14.5 Å². The number of aromatic nitrogens is 2. The summed E-state index contributed by atoms with van der Waals surface area (Å²) in [7, 11) is -12.0. The highest BCUT2D eigenvalue weighted by atomic mass is 19.5. The molecule has 0 aliphatic heterocycles. The van der Waals surface area contributed by atoms with Crippen LogP contribution in [0.4, 0.5) is 52.1 Å². The molecule has 0 amide bonds. The van der Waals surface area contributed by atoms with E-state index in [-0.39, 0.29) is 23.0 Å². The zero-order chi connectivity index (χ0) is 37.6. The quantitative estimate of drug-likeness (QED) is 0.0716. The van der Waals surface area contributed by atoms with Gasteiger partial charge in [-0.1, -0.05) is 64.1 Å². The van der Waals surface area contributed by atoms with Crippen LogP contribution in [0.25, 0.3) is 33.6 Å². The van der Waals surface area contributed by atoms with Gasteiger partial charge in [-0.05, 0) is 23.0 Å². The molecule has 50 heavy (non-hydrogen) atoms. The average Bonchev–Trinajstić information content (AvgIpc) is 3.03. The van der Waals surface area contributed by atoms with Crippen molar-refractivity contribution < 1.29 is 61.2 Å². The topological polar surface area (TPSA) is 7.76 Å². The molecule has 0 spiro atoms. The molecule has 2 nitrogen and oxygen atoms in total. The van der Waals surface area contributed by atoms with Gasteiger partial charge in [0.1, 0.15) is 0 Å². The van der Waals surface area contributed by atoms with Crippen molar-refractivity contribution in [1.29, 1.82) is 0 Å². The lowest BCUT2D eigenvalue weighted by molar-refractivity contribution is -0.596. The summed E-state index contributed by atoms with van der Waals surface area (Å²) < 4.78 is 143. The summed E-state index contributed by atoms with van der Waals surface area (Å²) in [5.41, 5.74) is 2.61. The van der Waals surface area contributed by atoms with Crippen LogP contribution in [0.2, 0.25) is 0 Å². The number of rotatable bonds is 6. The first-order valence-electron chi connectivity index (χ1n) is 15.0. The number of halogens is 12. The predicted octanol–water partition coefficient (Wildman–Crippen LogP) is 11.0. The third-order valence-electron chi connectivity index (χ3n) is 7.17. The maximum Gasteiger partial charge on any atom is 0.673 e. The Bertz CT molecular complexity index is 1710. The highest BCUT2D eigenvalue weighted by molar-refractivity contribution is 6.50. The van der Waals surface area contributed by atoms with Crippen LogP contribution in [-0.2, 0) is 0 Å². The number of benzene rings is 3. The second-order valence-corrected chi connectivity index (χ2v) is 11.4. The normalized spacial score (nSPS) is 11.6. The van der Waals surface area contributed by atoms with E-state index >= 15 is 17.6 Å². The zero-order valence-corrected chi connectivity index (χ0v) is 27.0. The Balaban J connectivity index is 0.000000595. The van der Waals surface area contributed by atoms with Crippen molar-refractivity contribution >= 4 is 14.5 Å². The van der Waals surface area contributed by atoms with Crippen molar-refractivity contribution in [3.63, 3.8) is 0 Å². The molecule has 0 N–H and O–H groups in total. The highest BCUT2D eigenvalue weighted by Crippen LogP contribution is 2.36. The van der Waals surface area contributed by atoms with Crippen LogP contribution in [0.5, 0.6) is 0 Å². The molecule has 0 radical (unpaired) electrons. The van der Waals surface area contributed by atoms with Crippen LogP contribution in [0.15, 0.2) is 97.6 Å². The Labute approximate surface area is 280 Å². The van der Waals surface area contributed by atoms with Crippen molar-refractivity contribution in [2.75, 3.05) is 0 Å². The van der Waals surface area contributed by atoms with E-state index in [1.165, 1.54) is 24.3 Å². The van der Waals surface area contributed by atoms with Gasteiger partial charge in [0, 0.05) is 47.5 Å². The molecule has 0 fully saturated rings. The standard InChI is InChI=1S/C34H30F4N2.2BF4/c1-21(2)25-9-5-7-11-27(25)39-17-13-23(14-18-39)29-31(35)33(37)30(34(38)32(29)36)24-15-19-40(20-16-24)28-12-8-6-10-26(28)22(3)4;2*2-1(3,4)5/h5-22H,1-4H3;;/q+2;2*-1.